The highest BCUT2D eigenvalue weighted by molar-refractivity contribution is 7.89. The molecule has 106 valence electrons. The number of hydrogen-bond acceptors (Lipinski definition) is 4. The fourth-order valence-corrected chi connectivity index (χ4v) is 3.81. The molecule has 1 aliphatic heterocycles. The van der Waals surface area contributed by atoms with Crippen molar-refractivity contribution in [2.75, 3.05) is 26.0 Å². The summed E-state index contributed by atoms with van der Waals surface area (Å²) >= 11 is 0. The minimum absolute atomic E-state index is 0.0144. The van der Waals surface area contributed by atoms with Gasteiger partial charge in [-0.2, -0.15) is 4.31 Å². The average Bonchev–Trinajstić information content (AvgIpc) is 2.38. The van der Waals surface area contributed by atoms with E-state index in [1.165, 1.54) is 4.31 Å². The van der Waals surface area contributed by atoms with Crippen LogP contribution in [0.2, 0.25) is 0 Å². The Kier molecular flexibility index (Phi) is 4.13. The molecule has 19 heavy (non-hydrogen) atoms. The van der Waals surface area contributed by atoms with Gasteiger partial charge in [-0.1, -0.05) is 6.07 Å². The first-order valence-corrected chi connectivity index (χ1v) is 7.79. The highest BCUT2D eigenvalue weighted by Gasteiger charge is 2.30. The van der Waals surface area contributed by atoms with Gasteiger partial charge in [0.05, 0.1) is 5.69 Å². The van der Waals surface area contributed by atoms with Crippen LogP contribution in [-0.4, -0.2) is 39.0 Å². The van der Waals surface area contributed by atoms with Crippen LogP contribution in [0.15, 0.2) is 23.1 Å². The molecule has 1 fully saturated rings. The monoisotopic (exact) mass is 284 g/mol. The van der Waals surface area contributed by atoms with Crippen LogP contribution in [-0.2, 0) is 14.8 Å². The van der Waals surface area contributed by atoms with Crippen molar-refractivity contribution in [1.82, 2.24) is 4.31 Å². The third-order valence-electron chi connectivity index (χ3n) is 3.53. The number of aryl methyl sites for hydroxylation is 1. The number of nitrogens with zero attached hydrogens (tertiary/aromatic N) is 1. The zero-order valence-corrected chi connectivity index (χ0v) is 12.1. The Bertz CT molecular complexity index is 551. The predicted molar refractivity (Wildman–Crippen MR) is 74.4 cm³/mol. The van der Waals surface area contributed by atoms with E-state index in [4.69, 9.17) is 10.5 Å². The molecule has 1 aromatic carbocycles. The van der Waals surface area contributed by atoms with Gasteiger partial charge in [0.25, 0.3) is 0 Å². The summed E-state index contributed by atoms with van der Waals surface area (Å²) < 4.78 is 31.8. The normalized spacial score (nSPS) is 17.8. The van der Waals surface area contributed by atoms with Crippen LogP contribution in [0.4, 0.5) is 5.69 Å². The zero-order chi connectivity index (χ0) is 14.0. The van der Waals surface area contributed by atoms with Crippen LogP contribution in [0.25, 0.3) is 0 Å². The summed E-state index contributed by atoms with van der Waals surface area (Å²) in [6.45, 7) is 3.09. The highest BCUT2D eigenvalue weighted by Crippen LogP contribution is 2.26. The number of nitrogens with two attached hydrogens (primary N) is 1. The number of hydrogen-bond donors (Lipinski definition) is 1. The van der Waals surface area contributed by atoms with Gasteiger partial charge in [-0.3, -0.25) is 0 Å². The molecule has 1 aliphatic rings. The molecule has 1 heterocycles. The van der Waals surface area contributed by atoms with Gasteiger partial charge in [0.2, 0.25) is 10.0 Å². The lowest BCUT2D eigenvalue weighted by Gasteiger charge is -2.30. The Morgan fingerprint density at radius 2 is 1.95 bits per heavy atom. The Hall–Kier alpha value is -1.11. The van der Waals surface area contributed by atoms with Gasteiger partial charge >= 0.3 is 0 Å². The van der Waals surface area contributed by atoms with E-state index < -0.39 is 10.0 Å². The molecule has 1 saturated heterocycles. The summed E-state index contributed by atoms with van der Waals surface area (Å²) in [6.07, 6.45) is 1.45. The lowest BCUT2D eigenvalue weighted by Crippen LogP contribution is -2.40. The second-order valence-electron chi connectivity index (χ2n) is 4.91. The molecule has 2 rings (SSSR count). The van der Waals surface area contributed by atoms with Crippen molar-refractivity contribution < 1.29 is 13.2 Å². The molecule has 0 atom stereocenters. The van der Waals surface area contributed by atoms with Crippen LogP contribution in [0.1, 0.15) is 18.4 Å². The van der Waals surface area contributed by atoms with Gasteiger partial charge in [0.15, 0.2) is 0 Å². The number of nitrogen functional groups attached to an aromatic ring is 1. The van der Waals surface area contributed by atoms with E-state index in [9.17, 15) is 8.42 Å². The number of benzene rings is 1. The fourth-order valence-electron chi connectivity index (χ4n) is 2.30. The van der Waals surface area contributed by atoms with Crippen LogP contribution in [0.3, 0.4) is 0 Å². The standard InChI is InChI=1S/C13H20N2O3S/c1-10-3-4-13(12(14)9-10)19(16,17)15(2)11-5-7-18-8-6-11/h3-4,9,11H,5-8,14H2,1-2H3. The Morgan fingerprint density at radius 3 is 2.53 bits per heavy atom. The number of sulfonamides is 1. The maximum absolute atomic E-state index is 12.6. The first kappa shape index (κ1) is 14.3. The van der Waals surface area contributed by atoms with Gasteiger partial charge in [0.1, 0.15) is 4.90 Å². The fraction of sp³-hybridized carbons (Fsp3) is 0.538. The maximum atomic E-state index is 12.6. The molecule has 6 heteroatoms. The third kappa shape index (κ3) is 2.91. The van der Waals surface area contributed by atoms with Crippen LogP contribution in [0.5, 0.6) is 0 Å². The molecule has 2 N–H and O–H groups in total. The van der Waals surface area contributed by atoms with E-state index in [0.29, 0.717) is 18.9 Å². The number of rotatable bonds is 3. The highest BCUT2D eigenvalue weighted by atomic mass is 32.2. The summed E-state index contributed by atoms with van der Waals surface area (Å²) in [6, 6.07) is 5.01. The molecule has 0 spiro atoms. The third-order valence-corrected chi connectivity index (χ3v) is 5.51. The lowest BCUT2D eigenvalue weighted by molar-refractivity contribution is 0.0632. The summed E-state index contributed by atoms with van der Waals surface area (Å²) in [4.78, 5) is 0.187. The van der Waals surface area contributed by atoms with Crippen LogP contribution < -0.4 is 5.73 Å². The first-order chi connectivity index (χ1) is 8.93. The van der Waals surface area contributed by atoms with Crippen molar-refractivity contribution in [3.05, 3.63) is 23.8 Å². The van der Waals surface area contributed by atoms with Crippen LogP contribution >= 0.6 is 0 Å². The van der Waals surface area contributed by atoms with E-state index in [1.54, 1.807) is 25.2 Å². The topological polar surface area (TPSA) is 72.6 Å². The minimum Gasteiger partial charge on any atom is -0.398 e. The van der Waals surface area contributed by atoms with Gasteiger partial charge in [-0.25, -0.2) is 8.42 Å². The van der Waals surface area contributed by atoms with E-state index in [2.05, 4.69) is 0 Å². The molecule has 0 radical (unpaired) electrons. The quantitative estimate of drug-likeness (QED) is 0.851. The van der Waals surface area contributed by atoms with Gasteiger partial charge in [0, 0.05) is 26.3 Å². The van der Waals surface area contributed by atoms with Crippen molar-refractivity contribution in [2.45, 2.75) is 30.7 Å². The smallest absolute Gasteiger partial charge is 0.245 e. The maximum Gasteiger partial charge on any atom is 0.245 e. The summed E-state index contributed by atoms with van der Waals surface area (Å²) in [7, 11) is -1.92. The molecule has 0 aromatic heterocycles. The molecular weight excluding hydrogens is 264 g/mol. The number of anilines is 1. The van der Waals surface area contributed by atoms with Gasteiger partial charge in [-0.05, 0) is 37.5 Å². The molecule has 0 unspecified atom stereocenters. The minimum atomic E-state index is -3.53. The summed E-state index contributed by atoms with van der Waals surface area (Å²) in [5, 5.41) is 0. The summed E-state index contributed by atoms with van der Waals surface area (Å²) in [5.41, 5.74) is 7.10. The van der Waals surface area contributed by atoms with Crippen molar-refractivity contribution in [1.29, 1.82) is 0 Å². The molecule has 5 nitrogen and oxygen atoms in total. The Morgan fingerprint density at radius 1 is 1.32 bits per heavy atom. The van der Waals surface area contributed by atoms with Crippen molar-refractivity contribution in [3.63, 3.8) is 0 Å². The van der Waals surface area contributed by atoms with Crippen molar-refractivity contribution in [2.24, 2.45) is 0 Å². The second kappa shape index (κ2) is 5.48. The number of ether oxygens (including phenoxy) is 1. The van der Waals surface area contributed by atoms with E-state index in [0.717, 1.165) is 18.4 Å². The molecule has 0 saturated carbocycles. The van der Waals surface area contributed by atoms with Crippen LogP contribution in [0, 0.1) is 6.92 Å². The van der Waals surface area contributed by atoms with E-state index >= 15 is 0 Å². The lowest BCUT2D eigenvalue weighted by atomic mass is 10.1. The van der Waals surface area contributed by atoms with E-state index in [1.807, 2.05) is 6.92 Å². The first-order valence-electron chi connectivity index (χ1n) is 6.35. The average molecular weight is 284 g/mol. The Balaban J connectivity index is 2.30. The van der Waals surface area contributed by atoms with E-state index in [-0.39, 0.29) is 10.9 Å². The predicted octanol–water partition coefficient (Wildman–Crippen LogP) is 1.38. The SMILES string of the molecule is Cc1ccc(S(=O)(=O)N(C)C2CCOCC2)c(N)c1. The summed E-state index contributed by atoms with van der Waals surface area (Å²) in [5.74, 6) is 0. The Labute approximate surface area is 114 Å². The molecule has 1 aromatic rings. The molecule has 0 aliphatic carbocycles. The molecule has 0 amide bonds. The van der Waals surface area contributed by atoms with Crippen molar-refractivity contribution >= 4 is 15.7 Å². The van der Waals surface area contributed by atoms with Gasteiger partial charge in [-0.15, -0.1) is 0 Å². The second-order valence-corrected chi connectivity index (χ2v) is 6.87. The van der Waals surface area contributed by atoms with Crippen molar-refractivity contribution in [3.8, 4) is 0 Å². The molecular formula is C13H20N2O3S. The van der Waals surface area contributed by atoms with Gasteiger partial charge < -0.3 is 10.5 Å². The zero-order valence-electron chi connectivity index (χ0n) is 11.3. The molecule has 0 bridgehead atoms. The largest absolute Gasteiger partial charge is 0.398 e.